The number of hydrogen-bond donors (Lipinski definition) is 3. The van der Waals surface area contributed by atoms with E-state index in [2.05, 4.69) is 9.97 Å². The number of benzene rings is 1. The number of aromatic hydroxyl groups is 1. The van der Waals surface area contributed by atoms with Gasteiger partial charge in [0.15, 0.2) is 11.2 Å². The number of halogens is 4. The smallest absolute Gasteiger partial charge is 0.417 e. The third-order valence-corrected chi connectivity index (χ3v) is 5.81. The number of pyridine rings is 1. The molecule has 0 aliphatic rings. The first-order chi connectivity index (χ1) is 13.3. The normalized spacial score (nSPS) is 14.9. The van der Waals surface area contributed by atoms with Crippen LogP contribution in [0, 0.1) is 5.82 Å². The number of phenols is 1. The summed E-state index contributed by atoms with van der Waals surface area (Å²) in [7, 11) is 0. The Balaban J connectivity index is 2.01. The van der Waals surface area contributed by atoms with Crippen LogP contribution in [-0.4, -0.2) is 32.0 Å². The fourth-order valence-corrected chi connectivity index (χ4v) is 4.42. The topological polar surface area (TPSA) is 86.2 Å². The van der Waals surface area contributed by atoms with Gasteiger partial charge in [0.25, 0.3) is 0 Å². The number of nitrogens with zero attached hydrogens (tertiary/aromatic N) is 1. The van der Waals surface area contributed by atoms with E-state index in [1.165, 1.54) is 26.1 Å². The van der Waals surface area contributed by atoms with Gasteiger partial charge in [-0.2, -0.15) is 13.2 Å². The van der Waals surface area contributed by atoms with E-state index in [1.54, 1.807) is 0 Å². The lowest BCUT2D eigenvalue weighted by molar-refractivity contribution is -0.266. The molecular formula is C19H18F4N2O3S. The van der Waals surface area contributed by atoms with Gasteiger partial charge in [0.1, 0.15) is 16.3 Å². The molecule has 1 unspecified atom stereocenters. The summed E-state index contributed by atoms with van der Waals surface area (Å²) in [6.07, 6.45) is -5.44. The first-order valence-corrected chi connectivity index (χ1v) is 9.39. The van der Waals surface area contributed by atoms with Crippen LogP contribution in [0.5, 0.6) is 5.75 Å². The number of fused-ring (bicyclic) bond motifs is 1. The molecule has 0 fully saturated rings. The zero-order chi connectivity index (χ0) is 21.6. The van der Waals surface area contributed by atoms with Gasteiger partial charge in [-0.15, -0.1) is 11.3 Å². The summed E-state index contributed by atoms with van der Waals surface area (Å²) in [5, 5.41) is 20.6. The highest BCUT2D eigenvalue weighted by Crippen LogP contribution is 2.45. The Morgan fingerprint density at radius 1 is 1.21 bits per heavy atom. The number of phenolic OH excluding ortho intramolecular Hbond substituents is 1. The fraction of sp³-hybridized carbons (Fsp3) is 0.368. The highest BCUT2D eigenvalue weighted by Gasteiger charge is 2.56. The average molecular weight is 430 g/mol. The van der Waals surface area contributed by atoms with E-state index in [1.807, 2.05) is 0 Å². The van der Waals surface area contributed by atoms with Gasteiger partial charge in [-0.3, -0.25) is 4.79 Å². The van der Waals surface area contributed by atoms with Crippen molar-refractivity contribution in [2.75, 3.05) is 0 Å². The Bertz CT molecular complexity index is 1110. The number of hydrogen-bond acceptors (Lipinski definition) is 5. The van der Waals surface area contributed by atoms with Crippen molar-refractivity contribution in [3.05, 3.63) is 57.1 Å². The largest absolute Gasteiger partial charge is 0.508 e. The second-order valence-corrected chi connectivity index (χ2v) is 8.64. The maximum absolute atomic E-state index is 13.9. The zero-order valence-corrected chi connectivity index (χ0v) is 16.3. The van der Waals surface area contributed by atoms with Crippen molar-refractivity contribution in [1.82, 2.24) is 9.97 Å². The van der Waals surface area contributed by atoms with Crippen molar-refractivity contribution in [2.24, 2.45) is 0 Å². The maximum atomic E-state index is 13.9. The molecule has 0 bridgehead atoms. The van der Waals surface area contributed by atoms with Crippen LogP contribution < -0.4 is 5.43 Å². The molecule has 0 radical (unpaired) electrons. The van der Waals surface area contributed by atoms with E-state index in [0.29, 0.717) is 0 Å². The van der Waals surface area contributed by atoms with Crippen molar-refractivity contribution in [3.8, 4) is 5.75 Å². The molecule has 2 heterocycles. The average Bonchev–Trinajstić information content (AvgIpc) is 2.99. The highest BCUT2D eigenvalue weighted by molar-refractivity contribution is 7.18. The number of aromatic nitrogens is 2. The van der Waals surface area contributed by atoms with Gasteiger partial charge < -0.3 is 15.2 Å². The van der Waals surface area contributed by atoms with E-state index >= 15 is 0 Å². The molecule has 2 aromatic heterocycles. The van der Waals surface area contributed by atoms with Gasteiger partial charge in [-0.25, -0.2) is 9.37 Å². The van der Waals surface area contributed by atoms with Gasteiger partial charge >= 0.3 is 6.18 Å². The molecule has 5 nitrogen and oxygen atoms in total. The molecular weight excluding hydrogens is 412 g/mol. The Morgan fingerprint density at radius 2 is 1.90 bits per heavy atom. The second-order valence-electron chi connectivity index (χ2n) is 7.56. The number of thiazole rings is 1. The Kier molecular flexibility index (Phi) is 5.20. The molecule has 0 amide bonds. The van der Waals surface area contributed by atoms with E-state index < -0.39 is 35.9 Å². The van der Waals surface area contributed by atoms with Crippen molar-refractivity contribution in [3.63, 3.8) is 0 Å². The number of H-pyrrole nitrogens is 1. The molecule has 29 heavy (non-hydrogen) atoms. The van der Waals surface area contributed by atoms with Crippen LogP contribution in [0.15, 0.2) is 35.3 Å². The number of aliphatic hydroxyl groups is 1. The van der Waals surface area contributed by atoms with Crippen LogP contribution >= 0.6 is 11.3 Å². The first-order valence-electron chi connectivity index (χ1n) is 8.58. The van der Waals surface area contributed by atoms with Crippen LogP contribution in [0.2, 0.25) is 0 Å². The molecule has 0 saturated carbocycles. The van der Waals surface area contributed by atoms with Crippen molar-refractivity contribution in [2.45, 2.75) is 43.9 Å². The van der Waals surface area contributed by atoms with Gasteiger partial charge in [-0.05, 0) is 30.0 Å². The molecule has 3 rings (SSSR count). The fourth-order valence-electron chi connectivity index (χ4n) is 3.37. The van der Waals surface area contributed by atoms with Crippen molar-refractivity contribution in [1.29, 1.82) is 0 Å². The van der Waals surface area contributed by atoms with Crippen molar-refractivity contribution < 1.29 is 27.8 Å². The van der Waals surface area contributed by atoms with E-state index in [-0.39, 0.29) is 32.1 Å². The lowest BCUT2D eigenvalue weighted by Gasteiger charge is -2.37. The molecule has 0 spiro atoms. The van der Waals surface area contributed by atoms with E-state index in [0.717, 1.165) is 29.5 Å². The van der Waals surface area contributed by atoms with Crippen LogP contribution in [0.3, 0.4) is 0 Å². The van der Waals surface area contributed by atoms with Gasteiger partial charge in [-0.1, -0.05) is 13.8 Å². The Hall–Kier alpha value is -2.46. The molecule has 156 valence electrons. The number of rotatable bonds is 5. The third-order valence-electron chi connectivity index (χ3n) is 4.74. The summed E-state index contributed by atoms with van der Waals surface area (Å²) in [5.41, 5.74) is -4.94. The SMILES string of the molecule is CC(C)(CC(O)(Cc1nc2[nH]ccc(=O)c2s1)C(F)(F)F)c1cc(F)ccc1O. The zero-order valence-electron chi connectivity index (χ0n) is 15.5. The molecule has 0 aliphatic heterocycles. The van der Waals surface area contributed by atoms with Gasteiger partial charge in [0.05, 0.1) is 5.01 Å². The van der Waals surface area contributed by atoms with Crippen LogP contribution in [0.1, 0.15) is 30.8 Å². The van der Waals surface area contributed by atoms with E-state index in [9.17, 15) is 32.6 Å². The number of nitrogens with one attached hydrogen (secondary N) is 1. The number of alkyl halides is 3. The molecule has 3 aromatic rings. The summed E-state index contributed by atoms with van der Waals surface area (Å²) in [6, 6.07) is 4.22. The monoisotopic (exact) mass is 430 g/mol. The van der Waals surface area contributed by atoms with Gasteiger partial charge in [0, 0.05) is 24.2 Å². The summed E-state index contributed by atoms with van der Waals surface area (Å²) >= 11 is 0.770. The molecule has 1 atom stereocenters. The maximum Gasteiger partial charge on any atom is 0.417 e. The van der Waals surface area contributed by atoms with Crippen molar-refractivity contribution >= 4 is 21.7 Å². The standard InChI is InChI=1S/C19H18F4N2O3S/c1-17(2,11-7-10(20)3-4-12(11)26)9-18(28,19(21,22)23)8-14-25-16-15(29-14)13(27)5-6-24-16/h3-7,26,28H,8-9H2,1-2H3,(H,24,27). The minimum atomic E-state index is -5.03. The number of aromatic amines is 1. The van der Waals surface area contributed by atoms with Crippen LogP contribution in [-0.2, 0) is 11.8 Å². The second kappa shape index (κ2) is 7.10. The molecule has 0 saturated heterocycles. The lowest BCUT2D eigenvalue weighted by atomic mass is 9.73. The first kappa shape index (κ1) is 21.3. The molecule has 10 heteroatoms. The lowest BCUT2D eigenvalue weighted by Crippen LogP contribution is -2.50. The molecule has 1 aromatic carbocycles. The quantitative estimate of drug-likeness (QED) is 0.534. The molecule has 3 N–H and O–H groups in total. The van der Waals surface area contributed by atoms with Crippen LogP contribution in [0.25, 0.3) is 10.3 Å². The summed E-state index contributed by atoms with van der Waals surface area (Å²) < 4.78 is 55.4. The minimum Gasteiger partial charge on any atom is -0.508 e. The predicted molar refractivity (Wildman–Crippen MR) is 101 cm³/mol. The Morgan fingerprint density at radius 3 is 2.52 bits per heavy atom. The summed E-state index contributed by atoms with van der Waals surface area (Å²) in [6.45, 7) is 2.75. The van der Waals surface area contributed by atoms with Gasteiger partial charge in [0.2, 0.25) is 5.43 Å². The summed E-state index contributed by atoms with van der Waals surface area (Å²) in [5.74, 6) is -1.09. The summed E-state index contributed by atoms with van der Waals surface area (Å²) in [4.78, 5) is 18.5. The predicted octanol–water partition coefficient (Wildman–Crippen LogP) is 4.03. The van der Waals surface area contributed by atoms with Crippen LogP contribution in [0.4, 0.5) is 17.6 Å². The van der Waals surface area contributed by atoms with E-state index in [4.69, 9.17) is 0 Å². The molecule has 0 aliphatic carbocycles. The Labute approximate surface area is 166 Å². The highest BCUT2D eigenvalue weighted by atomic mass is 32.1. The third kappa shape index (κ3) is 4.13. The minimum absolute atomic E-state index is 0.0559.